The van der Waals surface area contributed by atoms with Crippen molar-refractivity contribution >= 4 is 31.5 Å². The van der Waals surface area contributed by atoms with E-state index in [0.29, 0.717) is 5.69 Å². The van der Waals surface area contributed by atoms with E-state index in [1.807, 2.05) is 4.90 Å². The average molecular weight is 481 g/mol. The second kappa shape index (κ2) is 10.0. The van der Waals surface area contributed by atoms with Gasteiger partial charge < -0.3 is 9.64 Å². The van der Waals surface area contributed by atoms with E-state index < -0.39 is 25.8 Å². The summed E-state index contributed by atoms with van der Waals surface area (Å²) in [4.78, 5) is 15.1. The maximum atomic E-state index is 12.9. The molecule has 3 rings (SSSR count). The highest BCUT2D eigenvalue weighted by Crippen LogP contribution is 2.28. The number of anilines is 1. The lowest BCUT2D eigenvalue weighted by Crippen LogP contribution is -2.25. The number of sulfone groups is 1. The van der Waals surface area contributed by atoms with Gasteiger partial charge in [0.1, 0.15) is 0 Å². The molecule has 1 aliphatic heterocycles. The summed E-state index contributed by atoms with van der Waals surface area (Å²) < 4.78 is 56.3. The Kier molecular flexibility index (Phi) is 7.58. The van der Waals surface area contributed by atoms with Crippen LogP contribution < -0.4 is 4.90 Å². The van der Waals surface area contributed by atoms with Gasteiger partial charge in [0.2, 0.25) is 10.0 Å². The van der Waals surface area contributed by atoms with Gasteiger partial charge in [-0.05, 0) is 49.6 Å². The minimum atomic E-state index is -3.72. The fourth-order valence-electron chi connectivity index (χ4n) is 3.52. The zero-order valence-electron chi connectivity index (χ0n) is 18.2. The zero-order chi connectivity index (χ0) is 23.4. The second-order valence-corrected chi connectivity index (χ2v) is 12.0. The fraction of sp³-hybridized carbons (Fsp3) is 0.409. The Morgan fingerprint density at radius 3 is 2.25 bits per heavy atom. The summed E-state index contributed by atoms with van der Waals surface area (Å²) in [6.45, 7) is 1.46. The molecule has 0 unspecified atom stereocenters. The third-order valence-electron chi connectivity index (χ3n) is 5.31. The van der Waals surface area contributed by atoms with Gasteiger partial charge in [-0.2, -0.15) is 0 Å². The monoisotopic (exact) mass is 480 g/mol. The largest absolute Gasteiger partial charge is 0.462 e. The van der Waals surface area contributed by atoms with Crippen molar-refractivity contribution < 1.29 is 26.4 Å². The summed E-state index contributed by atoms with van der Waals surface area (Å²) in [6.07, 6.45) is 2.12. The van der Waals surface area contributed by atoms with Crippen LogP contribution in [0.4, 0.5) is 5.69 Å². The fourth-order valence-corrected chi connectivity index (χ4v) is 5.75. The first-order valence-electron chi connectivity index (χ1n) is 10.4. The Bertz CT molecular complexity index is 1160. The third kappa shape index (κ3) is 5.48. The van der Waals surface area contributed by atoms with Crippen LogP contribution in [0.3, 0.4) is 0 Å². The molecule has 1 aliphatic rings. The van der Waals surface area contributed by atoms with Gasteiger partial charge in [0.25, 0.3) is 0 Å². The van der Waals surface area contributed by atoms with Crippen LogP contribution in [0.5, 0.6) is 0 Å². The predicted octanol–water partition coefficient (Wildman–Crippen LogP) is 2.56. The van der Waals surface area contributed by atoms with Crippen molar-refractivity contribution in [3.05, 3.63) is 54.1 Å². The first-order chi connectivity index (χ1) is 15.1. The number of hydrogen-bond donors (Lipinski definition) is 0. The van der Waals surface area contributed by atoms with E-state index in [2.05, 4.69) is 0 Å². The van der Waals surface area contributed by atoms with Crippen LogP contribution in [-0.4, -0.2) is 66.7 Å². The molecule has 1 heterocycles. The molecule has 0 saturated carbocycles. The summed E-state index contributed by atoms with van der Waals surface area (Å²) in [5.41, 5.74) is 0.794. The van der Waals surface area contributed by atoms with Gasteiger partial charge in [0.05, 0.1) is 33.4 Å². The van der Waals surface area contributed by atoms with Gasteiger partial charge in [0.15, 0.2) is 9.84 Å². The molecule has 174 valence electrons. The first kappa shape index (κ1) is 24.2. The van der Waals surface area contributed by atoms with Crippen molar-refractivity contribution in [3.8, 4) is 0 Å². The summed E-state index contributed by atoms with van der Waals surface area (Å²) in [7, 11) is -4.33. The number of ether oxygens (including phenoxy) is 1. The number of sulfonamides is 1. The van der Waals surface area contributed by atoms with E-state index in [1.165, 1.54) is 38.4 Å². The highest BCUT2D eigenvalue weighted by molar-refractivity contribution is 7.91. The lowest BCUT2D eigenvalue weighted by Gasteiger charge is -2.22. The molecule has 0 atom stereocenters. The SMILES string of the molecule is CN(C)S(=O)(=O)c1ccc(N2CCCC2)c(C(=O)OCCCS(=O)(=O)c2ccccc2)c1. The molecule has 0 N–H and O–H groups in total. The van der Waals surface area contributed by atoms with Crippen molar-refractivity contribution in [2.45, 2.75) is 29.1 Å². The van der Waals surface area contributed by atoms with Crippen LogP contribution in [0.15, 0.2) is 58.3 Å². The molecule has 0 aromatic heterocycles. The third-order valence-corrected chi connectivity index (χ3v) is 8.93. The molecule has 0 spiro atoms. The highest BCUT2D eigenvalue weighted by Gasteiger charge is 2.25. The molecule has 0 aliphatic carbocycles. The Morgan fingerprint density at radius 2 is 1.62 bits per heavy atom. The van der Waals surface area contributed by atoms with E-state index in [1.54, 1.807) is 24.3 Å². The van der Waals surface area contributed by atoms with Crippen molar-refractivity contribution in [1.82, 2.24) is 4.31 Å². The van der Waals surface area contributed by atoms with Gasteiger partial charge in [-0.3, -0.25) is 0 Å². The van der Waals surface area contributed by atoms with Gasteiger partial charge in [-0.15, -0.1) is 0 Å². The second-order valence-electron chi connectivity index (χ2n) is 7.78. The average Bonchev–Trinajstić information content (AvgIpc) is 3.31. The molecule has 1 fully saturated rings. The molecule has 2 aromatic rings. The number of rotatable bonds is 9. The zero-order valence-corrected chi connectivity index (χ0v) is 19.9. The number of nitrogens with zero attached hydrogens (tertiary/aromatic N) is 2. The van der Waals surface area contributed by atoms with Crippen LogP contribution in [-0.2, 0) is 24.6 Å². The van der Waals surface area contributed by atoms with Crippen LogP contribution in [0.25, 0.3) is 0 Å². The Labute approximate surface area is 189 Å². The lowest BCUT2D eigenvalue weighted by atomic mass is 10.1. The molecular weight excluding hydrogens is 452 g/mol. The molecule has 1 saturated heterocycles. The molecule has 8 nitrogen and oxygen atoms in total. The van der Waals surface area contributed by atoms with Crippen LogP contribution in [0.1, 0.15) is 29.6 Å². The lowest BCUT2D eigenvalue weighted by molar-refractivity contribution is 0.0506. The minimum absolute atomic E-state index is 0.00375. The number of hydrogen-bond acceptors (Lipinski definition) is 7. The number of esters is 1. The Balaban J connectivity index is 1.74. The molecular formula is C22H28N2O6S2. The maximum absolute atomic E-state index is 12.9. The molecule has 0 bridgehead atoms. The Hall–Kier alpha value is -2.43. The van der Waals surface area contributed by atoms with E-state index in [4.69, 9.17) is 4.74 Å². The van der Waals surface area contributed by atoms with Crippen molar-refractivity contribution in [1.29, 1.82) is 0 Å². The summed E-state index contributed by atoms with van der Waals surface area (Å²) >= 11 is 0. The summed E-state index contributed by atoms with van der Waals surface area (Å²) in [5.74, 6) is -0.821. The van der Waals surface area contributed by atoms with Crippen LogP contribution >= 0.6 is 0 Å². The van der Waals surface area contributed by atoms with E-state index in [9.17, 15) is 21.6 Å². The smallest absolute Gasteiger partial charge is 0.340 e. The molecule has 0 amide bonds. The van der Waals surface area contributed by atoms with Gasteiger partial charge >= 0.3 is 5.97 Å². The van der Waals surface area contributed by atoms with E-state index in [0.717, 1.165) is 30.2 Å². The topological polar surface area (TPSA) is 101 Å². The first-order valence-corrected chi connectivity index (χ1v) is 13.5. The highest BCUT2D eigenvalue weighted by atomic mass is 32.2. The molecule has 32 heavy (non-hydrogen) atoms. The summed E-state index contributed by atoms with van der Waals surface area (Å²) in [5, 5.41) is 0. The van der Waals surface area contributed by atoms with E-state index in [-0.39, 0.29) is 34.1 Å². The van der Waals surface area contributed by atoms with Crippen LogP contribution in [0.2, 0.25) is 0 Å². The van der Waals surface area contributed by atoms with Crippen molar-refractivity contribution in [3.63, 3.8) is 0 Å². The minimum Gasteiger partial charge on any atom is -0.462 e. The number of carbonyl (C=O) groups excluding carboxylic acids is 1. The molecule has 10 heteroatoms. The van der Waals surface area contributed by atoms with E-state index >= 15 is 0 Å². The molecule has 0 radical (unpaired) electrons. The van der Waals surface area contributed by atoms with Gasteiger partial charge in [0, 0.05) is 27.2 Å². The normalized spacial score (nSPS) is 14.7. The maximum Gasteiger partial charge on any atom is 0.340 e. The number of benzene rings is 2. The quantitative estimate of drug-likeness (QED) is 0.402. The summed E-state index contributed by atoms with van der Waals surface area (Å²) in [6, 6.07) is 12.6. The predicted molar refractivity (Wildman–Crippen MR) is 122 cm³/mol. The van der Waals surface area contributed by atoms with Crippen molar-refractivity contribution in [2.24, 2.45) is 0 Å². The Morgan fingerprint density at radius 1 is 0.969 bits per heavy atom. The number of carbonyl (C=O) groups is 1. The molecule has 2 aromatic carbocycles. The standard InChI is InChI=1S/C22H28N2O6S2/c1-23(2)32(28,29)19-11-12-21(24-13-6-7-14-24)20(17-19)22(25)30-15-8-16-31(26,27)18-9-4-3-5-10-18/h3-5,9-12,17H,6-8,13-16H2,1-2H3. The van der Waals surface area contributed by atoms with Crippen molar-refractivity contribution in [2.75, 3.05) is 44.4 Å². The van der Waals surface area contributed by atoms with Crippen LogP contribution in [0, 0.1) is 0 Å². The van der Waals surface area contributed by atoms with Gasteiger partial charge in [-0.25, -0.2) is 25.9 Å². The van der Waals surface area contributed by atoms with Gasteiger partial charge in [-0.1, -0.05) is 18.2 Å².